The smallest absolute Gasteiger partial charge is 0.306 e. The minimum absolute atomic E-state index is 0.0623. The minimum Gasteiger partial charge on any atom is -0.496 e. The lowest BCUT2D eigenvalue weighted by atomic mass is 10.1. The number of hydrogen-bond donors (Lipinski definition) is 1. The quantitative estimate of drug-likeness (QED) is 0.716. The molecule has 7 nitrogen and oxygen atoms in total. The monoisotopic (exact) mass is 369 g/mol. The molecule has 8 heteroatoms. The number of methoxy groups -OCH3 is 1. The molecule has 1 aliphatic heterocycles. The predicted molar refractivity (Wildman–Crippen MR) is 92.1 cm³/mol. The van der Waals surface area contributed by atoms with Gasteiger partial charge in [0.15, 0.2) is 15.9 Å². The highest BCUT2D eigenvalue weighted by Gasteiger charge is 2.30. The van der Waals surface area contributed by atoms with Crippen molar-refractivity contribution in [3.63, 3.8) is 0 Å². The van der Waals surface area contributed by atoms with Gasteiger partial charge in [-0.1, -0.05) is 18.2 Å². The maximum absolute atomic E-state index is 12.0. The van der Waals surface area contributed by atoms with Gasteiger partial charge >= 0.3 is 5.97 Å². The zero-order valence-electron chi connectivity index (χ0n) is 14.4. The number of esters is 1. The Morgan fingerprint density at radius 1 is 1.32 bits per heavy atom. The normalized spacial score (nSPS) is 19.8. The number of benzene rings is 1. The molecule has 1 aromatic rings. The van der Waals surface area contributed by atoms with Gasteiger partial charge in [-0.25, -0.2) is 8.42 Å². The van der Waals surface area contributed by atoms with Crippen LogP contribution in [0.4, 0.5) is 0 Å². The summed E-state index contributed by atoms with van der Waals surface area (Å²) in [6.07, 6.45) is -0.00962. The summed E-state index contributed by atoms with van der Waals surface area (Å²) in [6.45, 7) is 1.47. The zero-order valence-corrected chi connectivity index (χ0v) is 15.2. The number of amides is 1. The third kappa shape index (κ3) is 5.74. The molecule has 0 aromatic heterocycles. The molecule has 1 amide bonds. The molecule has 0 unspecified atom stereocenters. The summed E-state index contributed by atoms with van der Waals surface area (Å²) in [5.74, 6) is -0.262. The number of rotatable bonds is 7. The van der Waals surface area contributed by atoms with Crippen molar-refractivity contribution in [3.8, 4) is 5.75 Å². The van der Waals surface area contributed by atoms with Crippen LogP contribution in [0.3, 0.4) is 0 Å². The van der Waals surface area contributed by atoms with Gasteiger partial charge < -0.3 is 14.8 Å². The highest BCUT2D eigenvalue weighted by Crippen LogP contribution is 2.19. The van der Waals surface area contributed by atoms with Gasteiger partial charge in [0.25, 0.3) is 5.91 Å². The lowest BCUT2D eigenvalue weighted by Crippen LogP contribution is -2.42. The second kappa shape index (κ2) is 8.33. The largest absolute Gasteiger partial charge is 0.496 e. The fourth-order valence-corrected chi connectivity index (χ4v) is 4.36. The molecule has 1 aromatic carbocycles. The van der Waals surface area contributed by atoms with Crippen LogP contribution in [0, 0.1) is 0 Å². The number of ether oxygens (including phenoxy) is 2. The first-order chi connectivity index (χ1) is 11.8. The summed E-state index contributed by atoms with van der Waals surface area (Å²) in [5.41, 5.74) is 0.884. The van der Waals surface area contributed by atoms with Gasteiger partial charge in [-0.2, -0.15) is 0 Å². The van der Waals surface area contributed by atoms with E-state index in [1.54, 1.807) is 7.11 Å². The van der Waals surface area contributed by atoms with Crippen LogP contribution < -0.4 is 10.1 Å². The van der Waals surface area contributed by atoms with Gasteiger partial charge in [0.05, 0.1) is 18.6 Å². The van der Waals surface area contributed by atoms with Crippen LogP contribution in [0.2, 0.25) is 0 Å². The van der Waals surface area contributed by atoms with Crippen molar-refractivity contribution in [3.05, 3.63) is 29.8 Å². The predicted octanol–water partition coefficient (Wildman–Crippen LogP) is 0.863. The number of hydrogen-bond acceptors (Lipinski definition) is 6. The van der Waals surface area contributed by atoms with Crippen molar-refractivity contribution in [2.24, 2.45) is 0 Å². The minimum atomic E-state index is -3.07. The van der Waals surface area contributed by atoms with Gasteiger partial charge in [-0.05, 0) is 31.4 Å². The topological polar surface area (TPSA) is 98.8 Å². The van der Waals surface area contributed by atoms with Gasteiger partial charge in [-0.3, -0.25) is 9.59 Å². The third-order valence-corrected chi connectivity index (χ3v) is 5.82. The van der Waals surface area contributed by atoms with E-state index in [1.807, 2.05) is 24.3 Å². The summed E-state index contributed by atoms with van der Waals surface area (Å²) in [6, 6.07) is 6.97. The third-order valence-electron chi connectivity index (χ3n) is 4.05. The Hall–Kier alpha value is -2.09. The van der Waals surface area contributed by atoms with Crippen molar-refractivity contribution in [1.29, 1.82) is 0 Å². The summed E-state index contributed by atoms with van der Waals surface area (Å²) in [7, 11) is -1.51. The first-order valence-electron chi connectivity index (χ1n) is 8.13. The average Bonchev–Trinajstić information content (AvgIpc) is 2.91. The van der Waals surface area contributed by atoms with Crippen LogP contribution in [-0.2, 0) is 30.6 Å². The highest BCUT2D eigenvalue weighted by atomic mass is 32.2. The van der Waals surface area contributed by atoms with Gasteiger partial charge in [0.2, 0.25) is 0 Å². The van der Waals surface area contributed by atoms with Crippen molar-refractivity contribution in [1.82, 2.24) is 5.32 Å². The van der Waals surface area contributed by atoms with Crippen molar-refractivity contribution < 1.29 is 27.5 Å². The molecule has 1 saturated heterocycles. The molecule has 1 fully saturated rings. The van der Waals surface area contributed by atoms with E-state index >= 15 is 0 Å². The molecule has 0 aliphatic carbocycles. The molecule has 25 heavy (non-hydrogen) atoms. The summed E-state index contributed by atoms with van der Waals surface area (Å²) in [4.78, 5) is 23.9. The number of sulfone groups is 1. The fourth-order valence-electron chi connectivity index (χ4n) is 2.68. The Morgan fingerprint density at radius 3 is 2.68 bits per heavy atom. The van der Waals surface area contributed by atoms with Gasteiger partial charge in [-0.15, -0.1) is 0 Å². The number of carbonyl (C=O) groups is 2. The van der Waals surface area contributed by atoms with E-state index in [2.05, 4.69) is 5.32 Å². The Kier molecular flexibility index (Phi) is 6.41. The Labute approximate surface area is 147 Å². The number of carbonyl (C=O) groups excluding carboxylic acids is 2. The molecular formula is C17H23NO6S. The van der Waals surface area contributed by atoms with E-state index in [4.69, 9.17) is 9.47 Å². The van der Waals surface area contributed by atoms with E-state index in [0.717, 1.165) is 5.56 Å². The van der Waals surface area contributed by atoms with Crippen LogP contribution in [0.1, 0.15) is 25.3 Å². The SMILES string of the molecule is COc1ccccc1CCC(=O)O[C@H](C)C(=O)N[C@H]1CCS(=O)(=O)C1. The Morgan fingerprint density at radius 2 is 2.04 bits per heavy atom. The van der Waals surface area contributed by atoms with E-state index in [1.165, 1.54) is 6.92 Å². The van der Waals surface area contributed by atoms with Crippen LogP contribution in [0.15, 0.2) is 24.3 Å². The number of nitrogens with one attached hydrogen (secondary N) is 1. The molecule has 0 radical (unpaired) electrons. The average molecular weight is 369 g/mol. The molecule has 2 atom stereocenters. The van der Waals surface area contributed by atoms with Crippen LogP contribution in [-0.4, -0.2) is 51.1 Å². The summed E-state index contributed by atoms with van der Waals surface area (Å²) < 4.78 is 33.1. The van der Waals surface area contributed by atoms with E-state index in [0.29, 0.717) is 18.6 Å². The standard InChI is InChI=1S/C17H23NO6S/c1-12(17(20)18-14-9-10-25(21,22)11-14)24-16(19)8-7-13-5-3-4-6-15(13)23-2/h3-6,12,14H,7-11H2,1-2H3,(H,18,20)/t12-,14+/m1/s1. The fraction of sp³-hybridized carbons (Fsp3) is 0.529. The molecular weight excluding hydrogens is 346 g/mol. The van der Waals surface area contributed by atoms with Crippen LogP contribution in [0.25, 0.3) is 0 Å². The maximum Gasteiger partial charge on any atom is 0.306 e. The number of para-hydroxylation sites is 1. The van der Waals surface area contributed by atoms with E-state index in [-0.39, 0.29) is 17.9 Å². The first-order valence-corrected chi connectivity index (χ1v) is 9.95. The number of aryl methyl sites for hydroxylation is 1. The second-order valence-corrected chi connectivity index (χ2v) is 8.28. The van der Waals surface area contributed by atoms with Gasteiger partial charge in [0, 0.05) is 12.5 Å². The molecule has 2 rings (SSSR count). The lowest BCUT2D eigenvalue weighted by molar-refractivity contribution is -0.155. The molecule has 1 heterocycles. The maximum atomic E-state index is 12.0. The van der Waals surface area contributed by atoms with Crippen molar-refractivity contribution in [2.45, 2.75) is 38.3 Å². The van der Waals surface area contributed by atoms with E-state index in [9.17, 15) is 18.0 Å². The van der Waals surface area contributed by atoms with Crippen LogP contribution in [0.5, 0.6) is 5.75 Å². The second-order valence-electron chi connectivity index (χ2n) is 6.05. The van der Waals surface area contributed by atoms with Gasteiger partial charge in [0.1, 0.15) is 5.75 Å². The molecule has 138 valence electrons. The Balaban J connectivity index is 1.78. The lowest BCUT2D eigenvalue weighted by Gasteiger charge is -2.16. The van der Waals surface area contributed by atoms with E-state index < -0.39 is 33.9 Å². The first kappa shape index (κ1) is 19.2. The Bertz CT molecular complexity index is 730. The summed E-state index contributed by atoms with van der Waals surface area (Å²) in [5, 5.41) is 2.62. The van der Waals surface area contributed by atoms with Crippen molar-refractivity contribution >= 4 is 21.7 Å². The van der Waals surface area contributed by atoms with Crippen LogP contribution >= 0.6 is 0 Å². The van der Waals surface area contributed by atoms with Crippen molar-refractivity contribution in [2.75, 3.05) is 18.6 Å². The molecule has 0 bridgehead atoms. The highest BCUT2D eigenvalue weighted by molar-refractivity contribution is 7.91. The molecule has 1 N–H and O–H groups in total. The zero-order chi connectivity index (χ0) is 18.4. The molecule has 0 spiro atoms. The molecule has 1 aliphatic rings. The summed E-state index contributed by atoms with van der Waals surface area (Å²) >= 11 is 0. The molecule has 0 saturated carbocycles.